The van der Waals surface area contributed by atoms with Crippen LogP contribution in [0.5, 0.6) is 0 Å². The average molecular weight is 281 g/mol. The van der Waals surface area contributed by atoms with Crippen molar-refractivity contribution in [3.8, 4) is 0 Å². The van der Waals surface area contributed by atoms with E-state index in [4.69, 9.17) is 0 Å². The molecule has 2 rings (SSSR count). The molecule has 104 valence electrons. The van der Waals surface area contributed by atoms with Gasteiger partial charge in [-0.1, -0.05) is 31.5 Å². The Labute approximate surface area is 114 Å². The van der Waals surface area contributed by atoms with Crippen molar-refractivity contribution in [3.63, 3.8) is 0 Å². The summed E-state index contributed by atoms with van der Waals surface area (Å²) in [6.45, 7) is 6.25. The van der Waals surface area contributed by atoms with Crippen molar-refractivity contribution in [3.05, 3.63) is 29.8 Å². The molecule has 1 aliphatic rings. The van der Waals surface area contributed by atoms with Gasteiger partial charge in [0.2, 0.25) is 10.0 Å². The van der Waals surface area contributed by atoms with E-state index < -0.39 is 16.1 Å². The summed E-state index contributed by atoms with van der Waals surface area (Å²) in [6.07, 6.45) is 1.31. The first-order valence-corrected chi connectivity index (χ1v) is 7.74. The minimum Gasteiger partial charge on any atom is -0.302 e. The number of rotatable bonds is 3. The molecule has 4 nitrogen and oxygen atoms in total. The summed E-state index contributed by atoms with van der Waals surface area (Å²) >= 11 is 0. The highest BCUT2D eigenvalue weighted by molar-refractivity contribution is 7.89. The molecule has 1 atom stereocenters. The van der Waals surface area contributed by atoms with Crippen LogP contribution in [0.3, 0.4) is 0 Å². The first kappa shape index (κ1) is 14.2. The van der Waals surface area contributed by atoms with Gasteiger partial charge in [-0.05, 0) is 30.9 Å². The highest BCUT2D eigenvalue weighted by Gasteiger charge is 2.43. The van der Waals surface area contributed by atoms with Crippen LogP contribution in [0.2, 0.25) is 0 Å². The Morgan fingerprint density at radius 2 is 1.84 bits per heavy atom. The van der Waals surface area contributed by atoms with Gasteiger partial charge in [0, 0.05) is 6.54 Å². The maximum absolute atomic E-state index is 12.6. The van der Waals surface area contributed by atoms with Crippen molar-refractivity contribution in [2.75, 3.05) is 6.54 Å². The van der Waals surface area contributed by atoms with Gasteiger partial charge >= 0.3 is 0 Å². The summed E-state index contributed by atoms with van der Waals surface area (Å²) < 4.78 is 26.5. The van der Waals surface area contributed by atoms with E-state index >= 15 is 0 Å². The number of nitrogens with zero attached hydrogens (tertiary/aromatic N) is 1. The fraction of sp³-hybridized carbons (Fsp3) is 0.500. The molecule has 1 saturated heterocycles. The van der Waals surface area contributed by atoms with Crippen LogP contribution in [-0.4, -0.2) is 31.6 Å². The third-order valence-corrected chi connectivity index (χ3v) is 5.39. The zero-order chi connectivity index (χ0) is 14.3. The van der Waals surface area contributed by atoms with Gasteiger partial charge < -0.3 is 4.79 Å². The normalized spacial score (nSPS) is 23.4. The number of hydrogen-bond donors (Lipinski definition) is 0. The molecule has 0 aromatic heterocycles. The third-order valence-electron chi connectivity index (χ3n) is 3.50. The maximum atomic E-state index is 12.6. The van der Waals surface area contributed by atoms with Crippen molar-refractivity contribution in [2.45, 2.75) is 38.1 Å². The van der Waals surface area contributed by atoms with E-state index in [1.54, 1.807) is 24.3 Å². The molecule has 0 saturated carbocycles. The molecule has 1 fully saturated rings. The molecule has 1 aromatic carbocycles. The molecule has 0 spiro atoms. The summed E-state index contributed by atoms with van der Waals surface area (Å²) in [7, 11) is -3.59. The van der Waals surface area contributed by atoms with Gasteiger partial charge in [-0.2, -0.15) is 4.31 Å². The molecule has 0 unspecified atom stereocenters. The van der Waals surface area contributed by atoms with Gasteiger partial charge in [-0.25, -0.2) is 8.42 Å². The Morgan fingerprint density at radius 1 is 1.26 bits per heavy atom. The molecule has 0 radical (unpaired) electrons. The number of carbonyl (C=O) groups is 1. The zero-order valence-corrected chi connectivity index (χ0v) is 12.3. The van der Waals surface area contributed by atoms with Crippen molar-refractivity contribution in [1.29, 1.82) is 0 Å². The Bertz CT molecular complexity index is 575. The number of aldehydes is 1. The smallest absolute Gasteiger partial charge is 0.243 e. The number of sulfonamides is 1. The highest BCUT2D eigenvalue weighted by atomic mass is 32.2. The maximum Gasteiger partial charge on any atom is 0.243 e. The molecule has 1 aliphatic heterocycles. The second kappa shape index (κ2) is 4.72. The lowest BCUT2D eigenvalue weighted by atomic mass is 9.91. The first-order chi connectivity index (χ1) is 8.76. The lowest BCUT2D eigenvalue weighted by Crippen LogP contribution is -2.37. The summed E-state index contributed by atoms with van der Waals surface area (Å²) in [5.74, 6) is 0. The van der Waals surface area contributed by atoms with Crippen LogP contribution in [0.4, 0.5) is 0 Å². The molecule has 0 N–H and O–H groups in total. The second-order valence-corrected chi connectivity index (χ2v) is 7.83. The molecular formula is C14H19NO3S. The minimum absolute atomic E-state index is 0.163. The number of carbonyl (C=O) groups excluding carboxylic acids is 1. The van der Waals surface area contributed by atoms with Crippen LogP contribution in [0.1, 0.15) is 25.8 Å². The summed E-state index contributed by atoms with van der Waals surface area (Å²) in [6, 6.07) is 6.17. The van der Waals surface area contributed by atoms with Gasteiger partial charge in [0.05, 0.1) is 10.9 Å². The largest absolute Gasteiger partial charge is 0.302 e. The predicted molar refractivity (Wildman–Crippen MR) is 73.3 cm³/mol. The Balaban J connectivity index is 2.39. The third kappa shape index (κ3) is 2.72. The lowest BCUT2D eigenvalue weighted by molar-refractivity contribution is -0.110. The number of hydrogen-bond acceptors (Lipinski definition) is 3. The average Bonchev–Trinajstić information content (AvgIpc) is 2.66. The fourth-order valence-corrected chi connectivity index (χ4v) is 4.25. The van der Waals surface area contributed by atoms with E-state index in [1.807, 2.05) is 20.8 Å². The Hall–Kier alpha value is -1.20. The Morgan fingerprint density at radius 3 is 2.37 bits per heavy atom. The molecule has 5 heteroatoms. The quantitative estimate of drug-likeness (QED) is 0.796. The van der Waals surface area contributed by atoms with Crippen LogP contribution in [0, 0.1) is 12.3 Å². The topological polar surface area (TPSA) is 54.5 Å². The van der Waals surface area contributed by atoms with Crippen molar-refractivity contribution < 1.29 is 13.2 Å². The number of aryl methyl sites for hydroxylation is 1. The Kier molecular flexibility index (Phi) is 3.53. The molecule has 0 bridgehead atoms. The molecule has 1 heterocycles. The zero-order valence-electron chi connectivity index (χ0n) is 11.5. The van der Waals surface area contributed by atoms with E-state index in [2.05, 4.69) is 0 Å². The van der Waals surface area contributed by atoms with E-state index in [9.17, 15) is 13.2 Å². The fourth-order valence-electron chi connectivity index (χ4n) is 2.50. The molecular weight excluding hydrogens is 262 g/mol. The standard InChI is InChI=1S/C14H19NO3S/c1-11-4-6-13(7-5-11)19(17,18)15-10-14(2,3)8-12(15)9-16/h4-7,9,12H,8,10H2,1-3H3/t12-/m0/s1. The van der Waals surface area contributed by atoms with E-state index in [0.29, 0.717) is 13.0 Å². The van der Waals surface area contributed by atoms with E-state index in [1.165, 1.54) is 4.31 Å². The monoisotopic (exact) mass is 281 g/mol. The van der Waals surface area contributed by atoms with E-state index in [-0.39, 0.29) is 10.3 Å². The van der Waals surface area contributed by atoms with Gasteiger partial charge in [-0.15, -0.1) is 0 Å². The second-order valence-electron chi connectivity index (χ2n) is 5.94. The van der Waals surface area contributed by atoms with Gasteiger partial charge in [-0.3, -0.25) is 0 Å². The van der Waals surface area contributed by atoms with Crippen LogP contribution in [0.15, 0.2) is 29.2 Å². The number of benzene rings is 1. The molecule has 1 aromatic rings. The van der Waals surface area contributed by atoms with Crippen LogP contribution in [0.25, 0.3) is 0 Å². The summed E-state index contributed by atoms with van der Waals surface area (Å²) in [4.78, 5) is 11.4. The SMILES string of the molecule is Cc1ccc(S(=O)(=O)N2CC(C)(C)C[C@H]2C=O)cc1. The summed E-state index contributed by atoms with van der Waals surface area (Å²) in [5, 5.41) is 0. The minimum atomic E-state index is -3.59. The molecule has 0 aliphatic carbocycles. The van der Waals surface area contributed by atoms with Crippen LogP contribution in [-0.2, 0) is 14.8 Å². The highest BCUT2D eigenvalue weighted by Crippen LogP contribution is 2.36. The van der Waals surface area contributed by atoms with Crippen molar-refractivity contribution in [2.24, 2.45) is 5.41 Å². The predicted octanol–water partition coefficient (Wildman–Crippen LogP) is 1.98. The lowest BCUT2D eigenvalue weighted by Gasteiger charge is -2.21. The van der Waals surface area contributed by atoms with Gasteiger partial charge in [0.25, 0.3) is 0 Å². The van der Waals surface area contributed by atoms with Crippen LogP contribution < -0.4 is 0 Å². The van der Waals surface area contributed by atoms with Gasteiger partial charge in [0.15, 0.2) is 0 Å². The van der Waals surface area contributed by atoms with E-state index in [0.717, 1.165) is 11.8 Å². The summed E-state index contributed by atoms with van der Waals surface area (Å²) in [5.41, 5.74) is 0.844. The van der Waals surface area contributed by atoms with Crippen LogP contribution >= 0.6 is 0 Å². The molecule has 0 amide bonds. The van der Waals surface area contributed by atoms with Gasteiger partial charge in [0.1, 0.15) is 6.29 Å². The molecule has 19 heavy (non-hydrogen) atoms. The van der Waals surface area contributed by atoms with Crippen molar-refractivity contribution >= 4 is 16.3 Å². The first-order valence-electron chi connectivity index (χ1n) is 6.30. The van der Waals surface area contributed by atoms with Crippen molar-refractivity contribution in [1.82, 2.24) is 4.31 Å².